The molecule has 4 saturated carbocycles. The van der Waals surface area contributed by atoms with Gasteiger partial charge in [-0.05, 0) is 80.5 Å². The molecule has 4 fully saturated rings. The molecule has 4 rings (SSSR count). The van der Waals surface area contributed by atoms with Gasteiger partial charge in [0, 0.05) is 11.8 Å². The van der Waals surface area contributed by atoms with E-state index in [0.717, 1.165) is 36.5 Å². The highest BCUT2D eigenvalue weighted by molar-refractivity contribution is 5.09. The fraction of sp³-hybridized carbons (Fsp3) is 1.00. The van der Waals surface area contributed by atoms with Crippen molar-refractivity contribution in [3.8, 4) is 0 Å². The molecule has 2 nitrogen and oxygen atoms in total. The normalized spacial score (nSPS) is 60.0. The van der Waals surface area contributed by atoms with Crippen molar-refractivity contribution in [1.82, 2.24) is 0 Å². The lowest BCUT2D eigenvalue weighted by Crippen LogP contribution is -2.68. The first-order valence-electron chi connectivity index (χ1n) is 9.46. The van der Waals surface area contributed by atoms with Crippen molar-refractivity contribution in [3.63, 3.8) is 0 Å². The van der Waals surface area contributed by atoms with Crippen molar-refractivity contribution in [1.29, 1.82) is 0 Å². The van der Waals surface area contributed by atoms with Crippen molar-refractivity contribution >= 4 is 0 Å². The molecule has 0 aromatic heterocycles. The zero-order valence-electron chi connectivity index (χ0n) is 14.0. The maximum atomic E-state index is 10.1. The third kappa shape index (κ3) is 1.91. The lowest BCUT2D eigenvalue weighted by Gasteiger charge is -2.60. The summed E-state index contributed by atoms with van der Waals surface area (Å²) >= 11 is 0. The summed E-state index contributed by atoms with van der Waals surface area (Å²) in [5, 5.41) is 10.1. The van der Waals surface area contributed by atoms with Crippen molar-refractivity contribution in [2.45, 2.75) is 83.8 Å². The second-order valence-electron chi connectivity index (χ2n) is 9.40. The van der Waals surface area contributed by atoms with Crippen LogP contribution in [0.5, 0.6) is 0 Å². The number of hydrogen-bond donors (Lipinski definition) is 2. The van der Waals surface area contributed by atoms with Gasteiger partial charge in [0.15, 0.2) is 0 Å². The Bertz CT molecular complexity index is 424. The third-order valence-electron chi connectivity index (χ3n) is 8.83. The Morgan fingerprint density at radius 2 is 1.57 bits per heavy atom. The van der Waals surface area contributed by atoms with Crippen LogP contribution >= 0.6 is 0 Å². The fourth-order valence-corrected chi connectivity index (χ4v) is 7.34. The fourth-order valence-electron chi connectivity index (χ4n) is 7.34. The molecule has 0 unspecified atom stereocenters. The minimum atomic E-state index is -0.0100. The highest BCUT2D eigenvalue weighted by Gasteiger charge is 2.60. The van der Waals surface area contributed by atoms with Gasteiger partial charge in [-0.1, -0.05) is 13.8 Å². The molecule has 120 valence electrons. The molecule has 21 heavy (non-hydrogen) atoms. The van der Waals surface area contributed by atoms with E-state index in [4.69, 9.17) is 0 Å². The first-order chi connectivity index (χ1) is 9.95. The van der Waals surface area contributed by atoms with Gasteiger partial charge in [0.25, 0.3) is 0 Å². The molecule has 0 heterocycles. The summed E-state index contributed by atoms with van der Waals surface area (Å²) in [6.07, 6.45) is 11.9. The van der Waals surface area contributed by atoms with Gasteiger partial charge in [-0.3, -0.25) is 0 Å². The Balaban J connectivity index is 1.62. The van der Waals surface area contributed by atoms with E-state index in [2.05, 4.69) is 19.6 Å². The summed E-state index contributed by atoms with van der Waals surface area (Å²) in [5.41, 5.74) is 5.58. The zero-order valence-corrected chi connectivity index (χ0v) is 14.0. The maximum absolute atomic E-state index is 10.1. The second-order valence-corrected chi connectivity index (χ2v) is 9.40. The van der Waals surface area contributed by atoms with Gasteiger partial charge in [0.1, 0.15) is 0 Å². The Morgan fingerprint density at radius 3 is 2.38 bits per heavy atom. The van der Waals surface area contributed by atoms with E-state index in [0.29, 0.717) is 16.9 Å². The standard InChI is InChI=1S/C19H33NO/c1-18-9-7-13(21)11-12(18)3-4-14-15-5-6-17(20)19(15,2)10-8-16(14)18/h12-17,21H,3-11,20H2,1-2H3/p+1/t12-,13+,14-,15+,16+,17+,18-,19-/m0/s1. The largest absolute Gasteiger partial charge is 0.393 e. The van der Waals surface area contributed by atoms with Crippen LogP contribution in [0.25, 0.3) is 0 Å². The summed E-state index contributed by atoms with van der Waals surface area (Å²) < 4.78 is 0. The van der Waals surface area contributed by atoms with E-state index < -0.39 is 0 Å². The summed E-state index contributed by atoms with van der Waals surface area (Å²) in [6.45, 7) is 5.14. The van der Waals surface area contributed by atoms with E-state index >= 15 is 0 Å². The molecular formula is C19H34NO+. The van der Waals surface area contributed by atoms with Crippen LogP contribution in [0.4, 0.5) is 0 Å². The predicted octanol–water partition coefficient (Wildman–Crippen LogP) is 3.00. The smallest absolute Gasteiger partial charge is 0.0900 e. The molecular weight excluding hydrogens is 258 g/mol. The molecule has 0 spiro atoms. The molecule has 0 bridgehead atoms. The minimum absolute atomic E-state index is 0.0100. The Hall–Kier alpha value is -0.0800. The number of rotatable bonds is 0. The number of quaternary nitrogens is 1. The third-order valence-corrected chi connectivity index (χ3v) is 8.83. The number of aliphatic hydroxyl groups excluding tert-OH is 1. The maximum Gasteiger partial charge on any atom is 0.0900 e. The number of fused-ring (bicyclic) bond motifs is 5. The summed E-state index contributed by atoms with van der Waals surface area (Å²) in [6, 6.07) is 0.696. The van der Waals surface area contributed by atoms with Gasteiger partial charge in [0.05, 0.1) is 12.1 Å². The molecule has 0 aromatic rings. The SMILES string of the molecule is C[C@]12CC[C@@H](O)C[C@@H]1CC[C@@H]1[C@H]2CC[C@]2(C)[C@H]([NH3+])CC[C@H]12. The highest BCUT2D eigenvalue weighted by Crippen LogP contribution is 2.65. The van der Waals surface area contributed by atoms with Gasteiger partial charge in [-0.25, -0.2) is 0 Å². The quantitative estimate of drug-likeness (QED) is 0.708. The van der Waals surface area contributed by atoms with Crippen LogP contribution in [0.2, 0.25) is 0 Å². The topological polar surface area (TPSA) is 47.9 Å². The molecule has 0 radical (unpaired) electrons. The molecule has 4 aliphatic carbocycles. The van der Waals surface area contributed by atoms with E-state index in [1.807, 2.05) is 0 Å². The number of hydrogen-bond acceptors (Lipinski definition) is 1. The van der Waals surface area contributed by atoms with Crippen molar-refractivity contribution in [2.75, 3.05) is 0 Å². The minimum Gasteiger partial charge on any atom is -0.393 e. The summed E-state index contributed by atoms with van der Waals surface area (Å²) in [7, 11) is 0. The lowest BCUT2D eigenvalue weighted by molar-refractivity contribution is -0.445. The molecule has 0 aromatic carbocycles. The lowest BCUT2D eigenvalue weighted by atomic mass is 9.45. The number of aliphatic hydroxyl groups is 1. The van der Waals surface area contributed by atoms with Crippen molar-refractivity contribution in [2.24, 2.45) is 34.5 Å². The Morgan fingerprint density at radius 1 is 0.857 bits per heavy atom. The van der Waals surface area contributed by atoms with E-state index in [-0.39, 0.29) is 6.10 Å². The van der Waals surface area contributed by atoms with E-state index in [1.54, 1.807) is 0 Å². The monoisotopic (exact) mass is 292 g/mol. The molecule has 4 N–H and O–H groups in total. The van der Waals surface area contributed by atoms with Crippen LogP contribution in [-0.2, 0) is 0 Å². The van der Waals surface area contributed by atoms with Crippen LogP contribution in [-0.4, -0.2) is 17.3 Å². The van der Waals surface area contributed by atoms with Crippen molar-refractivity contribution in [3.05, 3.63) is 0 Å². The van der Waals surface area contributed by atoms with Gasteiger partial charge in [0.2, 0.25) is 0 Å². The first kappa shape index (κ1) is 14.5. The van der Waals surface area contributed by atoms with Crippen LogP contribution in [0, 0.1) is 34.5 Å². The summed E-state index contributed by atoms with van der Waals surface area (Å²) in [4.78, 5) is 0. The van der Waals surface area contributed by atoms with Gasteiger partial charge in [-0.15, -0.1) is 0 Å². The average Bonchev–Trinajstić information content (AvgIpc) is 2.76. The molecule has 0 saturated heterocycles. The van der Waals surface area contributed by atoms with Gasteiger partial charge in [-0.2, -0.15) is 0 Å². The van der Waals surface area contributed by atoms with Crippen molar-refractivity contribution < 1.29 is 10.8 Å². The van der Waals surface area contributed by atoms with E-state index in [9.17, 15) is 5.11 Å². The first-order valence-corrected chi connectivity index (χ1v) is 9.46. The summed E-state index contributed by atoms with van der Waals surface area (Å²) in [5.74, 6) is 3.64. The molecule has 4 aliphatic rings. The van der Waals surface area contributed by atoms with Crippen LogP contribution in [0.1, 0.15) is 71.6 Å². The molecule has 8 atom stereocenters. The van der Waals surface area contributed by atoms with Crippen LogP contribution in [0.3, 0.4) is 0 Å². The highest BCUT2D eigenvalue weighted by atomic mass is 16.3. The predicted molar refractivity (Wildman–Crippen MR) is 84.4 cm³/mol. The Labute approximate surface area is 129 Å². The molecule has 0 aliphatic heterocycles. The average molecular weight is 292 g/mol. The van der Waals surface area contributed by atoms with Crippen LogP contribution in [0.15, 0.2) is 0 Å². The zero-order chi connectivity index (χ0) is 14.8. The molecule has 0 amide bonds. The van der Waals surface area contributed by atoms with Gasteiger partial charge >= 0.3 is 0 Å². The Kier molecular flexibility index (Phi) is 3.25. The van der Waals surface area contributed by atoms with Crippen LogP contribution < -0.4 is 5.73 Å². The van der Waals surface area contributed by atoms with E-state index in [1.165, 1.54) is 44.9 Å². The molecule has 2 heteroatoms. The van der Waals surface area contributed by atoms with Gasteiger partial charge < -0.3 is 10.8 Å². The second kappa shape index (κ2) is 4.71.